The summed E-state index contributed by atoms with van der Waals surface area (Å²) in [5.74, 6) is -0.0248. The Morgan fingerprint density at radius 2 is 1.97 bits per heavy atom. The molecule has 0 radical (unpaired) electrons. The summed E-state index contributed by atoms with van der Waals surface area (Å²) in [5.41, 5.74) is 0.441. The predicted molar refractivity (Wildman–Crippen MR) is 106 cm³/mol. The zero-order valence-corrected chi connectivity index (χ0v) is 16.2. The van der Waals surface area contributed by atoms with E-state index in [9.17, 15) is 18.3 Å². The molecular weight excluding hydrogens is 405 g/mol. The van der Waals surface area contributed by atoms with Crippen LogP contribution in [0.4, 0.5) is 13.2 Å². The third-order valence-electron chi connectivity index (χ3n) is 5.12. The van der Waals surface area contributed by atoms with Crippen LogP contribution in [0.2, 0.25) is 0 Å². The maximum absolute atomic E-state index is 12.9. The number of nitrogens with zero attached hydrogens (tertiary/aromatic N) is 3. The molecule has 2 aromatic heterocycles. The Hall–Kier alpha value is -2.45. The number of benzene rings is 1. The van der Waals surface area contributed by atoms with E-state index in [0.717, 1.165) is 49.5 Å². The topological polar surface area (TPSA) is 70.9 Å². The second-order valence-corrected chi connectivity index (χ2v) is 7.06. The van der Waals surface area contributed by atoms with Gasteiger partial charge < -0.3 is 10.4 Å². The fourth-order valence-electron chi connectivity index (χ4n) is 3.68. The van der Waals surface area contributed by atoms with Crippen molar-refractivity contribution in [3.8, 4) is 17.0 Å². The van der Waals surface area contributed by atoms with E-state index >= 15 is 0 Å². The summed E-state index contributed by atoms with van der Waals surface area (Å²) in [6, 6.07) is 4.70. The first-order valence-corrected chi connectivity index (χ1v) is 9.14. The molecule has 5 nitrogen and oxygen atoms in total. The van der Waals surface area contributed by atoms with Gasteiger partial charge in [-0.15, -0.1) is 17.5 Å². The molecule has 9 heteroatoms. The maximum Gasteiger partial charge on any atom is 0.416 e. The molecule has 1 atom stereocenters. The number of halogens is 4. The van der Waals surface area contributed by atoms with Crippen molar-refractivity contribution in [1.29, 1.82) is 0 Å². The Morgan fingerprint density at radius 1 is 1.14 bits per heavy atom. The van der Waals surface area contributed by atoms with Gasteiger partial charge in [-0.05, 0) is 62.5 Å². The van der Waals surface area contributed by atoms with Crippen LogP contribution in [-0.4, -0.2) is 33.4 Å². The quantitative estimate of drug-likeness (QED) is 0.653. The van der Waals surface area contributed by atoms with Crippen molar-refractivity contribution >= 4 is 23.2 Å². The summed E-state index contributed by atoms with van der Waals surface area (Å²) in [6.07, 6.45) is 1.74. The van der Waals surface area contributed by atoms with E-state index < -0.39 is 17.5 Å². The molecule has 2 N–H and O–H groups in total. The first-order chi connectivity index (χ1) is 13.4. The van der Waals surface area contributed by atoms with Crippen molar-refractivity contribution in [2.45, 2.75) is 25.4 Å². The largest absolute Gasteiger partial charge is 0.507 e. The zero-order valence-electron chi connectivity index (χ0n) is 15.4. The Kier molecular flexibility index (Phi) is 6.24. The van der Waals surface area contributed by atoms with Crippen molar-refractivity contribution in [3.63, 3.8) is 0 Å². The van der Waals surface area contributed by atoms with Crippen LogP contribution in [0, 0.1) is 5.92 Å². The Balaban J connectivity index is 0.00000240. The van der Waals surface area contributed by atoms with Gasteiger partial charge in [-0.2, -0.15) is 18.3 Å². The summed E-state index contributed by atoms with van der Waals surface area (Å²) in [7, 11) is 0. The fourth-order valence-corrected chi connectivity index (χ4v) is 3.68. The Bertz CT molecular complexity index is 1010. The summed E-state index contributed by atoms with van der Waals surface area (Å²) in [6.45, 7) is 1.95. The van der Waals surface area contributed by atoms with Crippen LogP contribution >= 0.6 is 12.4 Å². The minimum Gasteiger partial charge on any atom is -0.507 e. The van der Waals surface area contributed by atoms with Crippen molar-refractivity contribution in [2.24, 2.45) is 5.92 Å². The van der Waals surface area contributed by atoms with Gasteiger partial charge in [-0.25, -0.2) is 0 Å². The number of piperidine rings is 1. The van der Waals surface area contributed by atoms with Crippen molar-refractivity contribution in [3.05, 3.63) is 47.9 Å². The van der Waals surface area contributed by atoms with Crippen molar-refractivity contribution in [2.75, 3.05) is 13.1 Å². The van der Waals surface area contributed by atoms with Crippen LogP contribution < -0.4 is 5.32 Å². The van der Waals surface area contributed by atoms with Gasteiger partial charge in [0.15, 0.2) is 0 Å². The number of nitrogens with one attached hydrogen (secondary N) is 1. The molecule has 1 fully saturated rings. The Morgan fingerprint density at radius 3 is 2.66 bits per heavy atom. The first kappa shape index (κ1) is 21.3. The number of pyridine rings is 1. The smallest absolute Gasteiger partial charge is 0.416 e. The van der Waals surface area contributed by atoms with Gasteiger partial charge in [-0.3, -0.25) is 4.98 Å². The molecule has 0 saturated carbocycles. The van der Waals surface area contributed by atoms with Crippen LogP contribution in [-0.2, 0) is 12.6 Å². The normalized spacial score (nSPS) is 17.1. The monoisotopic (exact) mass is 424 g/mol. The summed E-state index contributed by atoms with van der Waals surface area (Å²) in [4.78, 5) is 4.13. The molecule has 1 aromatic carbocycles. The van der Waals surface area contributed by atoms with Crippen molar-refractivity contribution < 1.29 is 18.3 Å². The van der Waals surface area contributed by atoms with E-state index in [1.807, 2.05) is 6.07 Å². The van der Waals surface area contributed by atoms with Crippen LogP contribution in [0.5, 0.6) is 5.75 Å². The van der Waals surface area contributed by atoms with Gasteiger partial charge in [-0.1, -0.05) is 0 Å². The average molecular weight is 425 g/mol. The van der Waals surface area contributed by atoms with E-state index in [0.29, 0.717) is 23.1 Å². The third kappa shape index (κ3) is 4.43. The third-order valence-corrected chi connectivity index (χ3v) is 5.12. The van der Waals surface area contributed by atoms with E-state index in [-0.39, 0.29) is 18.0 Å². The standard InChI is InChI=1S/C20H19F3N4O.ClH/c21-20(22,23)13-3-4-15(18(28)9-13)19-16-11-25-7-5-14(16)17(26-27-19)8-12-2-1-6-24-10-12;/h3-5,7,9,11-12,24,28H,1-2,6,8,10H2;1H. The lowest BCUT2D eigenvalue weighted by Gasteiger charge is -2.22. The molecule has 4 rings (SSSR count). The molecule has 1 aliphatic rings. The number of phenolic OH excluding ortho intramolecular Hbond substituents is 1. The molecule has 1 unspecified atom stereocenters. The molecule has 154 valence electrons. The molecule has 0 bridgehead atoms. The number of hydrogen-bond acceptors (Lipinski definition) is 5. The van der Waals surface area contributed by atoms with Gasteiger partial charge in [0.1, 0.15) is 11.4 Å². The molecule has 1 aliphatic heterocycles. The summed E-state index contributed by atoms with van der Waals surface area (Å²) >= 11 is 0. The minimum absolute atomic E-state index is 0. The molecule has 3 heterocycles. The van der Waals surface area contributed by atoms with Gasteiger partial charge in [0, 0.05) is 28.7 Å². The highest BCUT2D eigenvalue weighted by Crippen LogP contribution is 2.38. The molecule has 0 aliphatic carbocycles. The highest BCUT2D eigenvalue weighted by molar-refractivity contribution is 5.96. The van der Waals surface area contributed by atoms with Gasteiger partial charge in [0.25, 0.3) is 0 Å². The van der Waals surface area contributed by atoms with E-state index in [1.165, 1.54) is 6.07 Å². The summed E-state index contributed by atoms with van der Waals surface area (Å²) in [5, 5.41) is 23.7. The molecule has 0 spiro atoms. The number of phenols is 1. The molecular formula is C20H20ClF3N4O. The van der Waals surface area contributed by atoms with Gasteiger partial charge in [0.05, 0.1) is 11.3 Å². The van der Waals surface area contributed by atoms with Crippen LogP contribution in [0.25, 0.3) is 22.0 Å². The predicted octanol–water partition coefficient (Wildman–Crippen LogP) is 4.38. The van der Waals surface area contributed by atoms with E-state index in [4.69, 9.17) is 0 Å². The SMILES string of the molecule is Cl.Oc1cc(C(F)(F)F)ccc1-c1nnc(CC2CCCNC2)c2ccncc12. The van der Waals surface area contributed by atoms with E-state index in [2.05, 4.69) is 20.5 Å². The van der Waals surface area contributed by atoms with Gasteiger partial charge in [0.2, 0.25) is 0 Å². The van der Waals surface area contributed by atoms with Crippen LogP contribution in [0.3, 0.4) is 0 Å². The molecule has 0 amide bonds. The van der Waals surface area contributed by atoms with Crippen molar-refractivity contribution in [1.82, 2.24) is 20.5 Å². The number of aromatic nitrogens is 3. The molecule has 1 saturated heterocycles. The number of hydrogen-bond donors (Lipinski definition) is 2. The zero-order chi connectivity index (χ0) is 19.7. The maximum atomic E-state index is 12.9. The highest BCUT2D eigenvalue weighted by Gasteiger charge is 2.31. The van der Waals surface area contributed by atoms with E-state index in [1.54, 1.807) is 12.4 Å². The van der Waals surface area contributed by atoms with Crippen LogP contribution in [0.15, 0.2) is 36.7 Å². The second-order valence-electron chi connectivity index (χ2n) is 7.06. The lowest BCUT2D eigenvalue weighted by Crippen LogP contribution is -2.31. The number of aromatic hydroxyl groups is 1. The Labute approximate surface area is 171 Å². The second kappa shape index (κ2) is 8.51. The number of alkyl halides is 3. The first-order valence-electron chi connectivity index (χ1n) is 9.14. The fraction of sp³-hybridized carbons (Fsp3) is 0.350. The summed E-state index contributed by atoms with van der Waals surface area (Å²) < 4.78 is 38.6. The highest BCUT2D eigenvalue weighted by atomic mass is 35.5. The minimum atomic E-state index is -4.52. The lowest BCUT2D eigenvalue weighted by atomic mass is 9.92. The number of rotatable bonds is 3. The number of fused-ring (bicyclic) bond motifs is 1. The molecule has 29 heavy (non-hydrogen) atoms. The van der Waals surface area contributed by atoms with Gasteiger partial charge >= 0.3 is 6.18 Å². The molecule has 3 aromatic rings. The van der Waals surface area contributed by atoms with Crippen LogP contribution in [0.1, 0.15) is 24.1 Å². The average Bonchev–Trinajstić information content (AvgIpc) is 2.69. The lowest BCUT2D eigenvalue weighted by molar-refractivity contribution is -0.137.